The molecule has 0 atom stereocenters. The minimum absolute atomic E-state index is 0.0113. The van der Waals surface area contributed by atoms with Gasteiger partial charge >= 0.3 is 0 Å². The van der Waals surface area contributed by atoms with Gasteiger partial charge in [-0.3, -0.25) is 0 Å². The van der Waals surface area contributed by atoms with Crippen LogP contribution in [0.3, 0.4) is 0 Å². The maximum atomic E-state index is 15.2. The zero-order valence-electron chi connectivity index (χ0n) is 13.7. The van der Waals surface area contributed by atoms with E-state index in [0.29, 0.717) is 28.1 Å². The van der Waals surface area contributed by atoms with Crippen LogP contribution in [0.4, 0.5) is 4.39 Å². The second-order valence-corrected chi connectivity index (χ2v) is 5.87. The summed E-state index contributed by atoms with van der Waals surface area (Å²) in [5.74, 6) is -0.201. The number of aryl methyl sites for hydroxylation is 1. The molecule has 0 fully saturated rings. The van der Waals surface area contributed by atoms with Crippen LogP contribution in [0, 0.1) is 24.1 Å². The van der Waals surface area contributed by atoms with Crippen molar-refractivity contribution in [1.29, 1.82) is 5.26 Å². The van der Waals surface area contributed by atoms with Gasteiger partial charge in [-0.1, -0.05) is 30.3 Å². The molecule has 2 heterocycles. The van der Waals surface area contributed by atoms with Crippen LogP contribution >= 0.6 is 0 Å². The predicted octanol–water partition coefficient (Wildman–Crippen LogP) is 4.82. The van der Waals surface area contributed by atoms with Crippen molar-refractivity contribution in [2.24, 2.45) is 7.05 Å². The maximum Gasteiger partial charge on any atom is 0.244 e. The fraction of sp³-hybridized carbons (Fsp3) is 0.100. The molecular weight excluding hydrogens is 317 g/mol. The molecule has 4 aromatic rings. The van der Waals surface area contributed by atoms with E-state index in [-0.39, 0.29) is 11.1 Å². The van der Waals surface area contributed by atoms with E-state index in [1.165, 1.54) is 0 Å². The lowest BCUT2D eigenvalue weighted by Crippen LogP contribution is -1.95. The maximum absolute atomic E-state index is 15.2. The lowest BCUT2D eigenvalue weighted by Gasteiger charge is -2.09. The summed E-state index contributed by atoms with van der Waals surface area (Å²) in [6.45, 7) is 1.74. The van der Waals surface area contributed by atoms with Crippen LogP contribution in [0.1, 0.15) is 11.1 Å². The highest BCUT2D eigenvalue weighted by Gasteiger charge is 2.24. The standard InChI is InChI=1S/C20H14FN3O/c1-12-14(11-22)18-19(17(21)16(12)13-7-4-3-5-8-13)25-20(23-18)15-9-6-10-24(15)2/h3-10H,1-2H3. The molecule has 0 saturated heterocycles. The summed E-state index contributed by atoms with van der Waals surface area (Å²) in [6, 6.07) is 15.0. The van der Waals surface area contributed by atoms with Crippen molar-refractivity contribution in [3.63, 3.8) is 0 Å². The molecule has 4 rings (SSSR count). The van der Waals surface area contributed by atoms with Crippen molar-refractivity contribution < 1.29 is 8.81 Å². The molecule has 0 radical (unpaired) electrons. The molecule has 0 aliphatic carbocycles. The molecule has 4 nitrogen and oxygen atoms in total. The van der Waals surface area contributed by atoms with Crippen LogP contribution < -0.4 is 0 Å². The number of aromatic nitrogens is 2. The number of benzene rings is 2. The molecule has 5 heteroatoms. The van der Waals surface area contributed by atoms with Crippen molar-refractivity contribution >= 4 is 11.1 Å². The van der Waals surface area contributed by atoms with Gasteiger partial charge < -0.3 is 8.98 Å². The quantitative estimate of drug-likeness (QED) is 0.529. The smallest absolute Gasteiger partial charge is 0.244 e. The van der Waals surface area contributed by atoms with Gasteiger partial charge in [0.15, 0.2) is 11.4 Å². The fourth-order valence-corrected chi connectivity index (χ4v) is 3.10. The molecular formula is C20H14FN3O. The average Bonchev–Trinajstić information content (AvgIpc) is 3.23. The lowest BCUT2D eigenvalue weighted by atomic mass is 9.95. The predicted molar refractivity (Wildman–Crippen MR) is 93.3 cm³/mol. The van der Waals surface area contributed by atoms with Crippen molar-refractivity contribution in [2.75, 3.05) is 0 Å². The SMILES string of the molecule is Cc1c(-c2ccccc2)c(F)c2oc(-c3cccn3C)nc2c1C#N. The number of nitrogens with zero attached hydrogens (tertiary/aromatic N) is 3. The number of rotatable bonds is 2. The first kappa shape index (κ1) is 15.2. The minimum atomic E-state index is -0.495. The van der Waals surface area contributed by atoms with Gasteiger partial charge in [-0.2, -0.15) is 5.26 Å². The van der Waals surface area contributed by atoms with Gasteiger partial charge in [-0.25, -0.2) is 9.37 Å². The number of fused-ring (bicyclic) bond motifs is 1. The van der Waals surface area contributed by atoms with Gasteiger partial charge in [0.2, 0.25) is 5.89 Å². The summed E-state index contributed by atoms with van der Waals surface area (Å²) in [7, 11) is 1.85. The van der Waals surface area contributed by atoms with Gasteiger partial charge in [0.1, 0.15) is 17.3 Å². The molecule has 0 aliphatic heterocycles. The van der Waals surface area contributed by atoms with E-state index in [1.54, 1.807) is 6.92 Å². The van der Waals surface area contributed by atoms with Gasteiger partial charge in [-0.15, -0.1) is 0 Å². The Morgan fingerprint density at radius 3 is 2.56 bits per heavy atom. The van der Waals surface area contributed by atoms with E-state index >= 15 is 4.39 Å². The number of nitriles is 1. The molecule has 2 aromatic heterocycles. The van der Waals surface area contributed by atoms with Crippen LogP contribution in [0.2, 0.25) is 0 Å². The molecule has 2 aromatic carbocycles. The summed E-state index contributed by atoms with van der Waals surface area (Å²) in [5, 5.41) is 9.61. The summed E-state index contributed by atoms with van der Waals surface area (Å²) < 4.78 is 22.8. The first-order chi connectivity index (χ1) is 12.1. The average molecular weight is 331 g/mol. The van der Waals surface area contributed by atoms with Gasteiger partial charge in [0, 0.05) is 18.8 Å². The highest BCUT2D eigenvalue weighted by molar-refractivity contribution is 5.90. The second-order valence-electron chi connectivity index (χ2n) is 5.87. The molecule has 0 bridgehead atoms. The Kier molecular flexibility index (Phi) is 3.40. The van der Waals surface area contributed by atoms with Gasteiger partial charge in [0.05, 0.1) is 5.56 Å². The highest BCUT2D eigenvalue weighted by Crippen LogP contribution is 2.37. The van der Waals surface area contributed by atoms with Crippen LogP contribution in [0.15, 0.2) is 53.1 Å². The first-order valence-corrected chi connectivity index (χ1v) is 7.81. The molecule has 25 heavy (non-hydrogen) atoms. The van der Waals surface area contributed by atoms with E-state index in [2.05, 4.69) is 11.1 Å². The largest absolute Gasteiger partial charge is 0.432 e. The Morgan fingerprint density at radius 1 is 1.16 bits per heavy atom. The van der Waals surface area contributed by atoms with Crippen LogP contribution in [0.5, 0.6) is 0 Å². The molecule has 0 spiro atoms. The van der Waals surface area contributed by atoms with Crippen LogP contribution in [-0.2, 0) is 7.05 Å². The van der Waals surface area contributed by atoms with Gasteiger partial charge in [-0.05, 0) is 30.2 Å². The highest BCUT2D eigenvalue weighted by atomic mass is 19.1. The van der Waals surface area contributed by atoms with E-state index < -0.39 is 5.82 Å². The van der Waals surface area contributed by atoms with Crippen molar-refractivity contribution in [3.8, 4) is 28.8 Å². The molecule has 0 saturated carbocycles. The molecule has 0 unspecified atom stereocenters. The summed E-state index contributed by atoms with van der Waals surface area (Å²) in [4.78, 5) is 4.39. The van der Waals surface area contributed by atoms with E-state index in [9.17, 15) is 5.26 Å². The Hall–Kier alpha value is -3.39. The van der Waals surface area contributed by atoms with Crippen molar-refractivity contribution in [1.82, 2.24) is 9.55 Å². The number of hydrogen-bond acceptors (Lipinski definition) is 3. The third-order valence-corrected chi connectivity index (χ3v) is 4.37. The molecule has 0 amide bonds. The second kappa shape index (κ2) is 5.60. The van der Waals surface area contributed by atoms with E-state index in [0.717, 1.165) is 5.69 Å². The summed E-state index contributed by atoms with van der Waals surface area (Å²) in [5.41, 5.74) is 2.96. The first-order valence-electron chi connectivity index (χ1n) is 7.81. The number of oxazole rings is 1. The van der Waals surface area contributed by atoms with E-state index in [4.69, 9.17) is 4.42 Å². The number of halogens is 1. The topological polar surface area (TPSA) is 54.8 Å². The summed E-state index contributed by atoms with van der Waals surface area (Å²) >= 11 is 0. The monoisotopic (exact) mass is 331 g/mol. The molecule has 122 valence electrons. The Bertz CT molecular complexity index is 1130. The third kappa shape index (κ3) is 2.23. The Morgan fingerprint density at radius 2 is 1.92 bits per heavy atom. The molecule has 0 N–H and O–H groups in total. The summed E-state index contributed by atoms with van der Waals surface area (Å²) in [6.07, 6.45) is 1.85. The zero-order chi connectivity index (χ0) is 17.6. The van der Waals surface area contributed by atoms with E-state index in [1.807, 2.05) is 60.3 Å². The Labute approximate surface area is 143 Å². The third-order valence-electron chi connectivity index (χ3n) is 4.37. The van der Waals surface area contributed by atoms with Gasteiger partial charge in [0.25, 0.3) is 0 Å². The van der Waals surface area contributed by atoms with Crippen molar-refractivity contribution in [2.45, 2.75) is 6.92 Å². The van der Waals surface area contributed by atoms with Crippen LogP contribution in [-0.4, -0.2) is 9.55 Å². The lowest BCUT2D eigenvalue weighted by molar-refractivity contribution is 0.562. The number of hydrogen-bond donors (Lipinski definition) is 0. The molecule has 0 aliphatic rings. The van der Waals surface area contributed by atoms with Crippen LogP contribution in [0.25, 0.3) is 33.8 Å². The zero-order valence-corrected chi connectivity index (χ0v) is 13.7. The van der Waals surface area contributed by atoms with Crippen molar-refractivity contribution in [3.05, 3.63) is 65.6 Å². The fourth-order valence-electron chi connectivity index (χ4n) is 3.10. The Balaban J connectivity index is 2.07. The minimum Gasteiger partial charge on any atom is -0.432 e. The normalized spacial score (nSPS) is 11.0.